The number of carbonyl (C=O) groups is 2. The molecule has 0 amide bonds. The zero-order valence-corrected chi connectivity index (χ0v) is 60.2. The lowest BCUT2D eigenvalue weighted by Gasteiger charge is -2.28. The molecular weight excluding hydrogens is 1130 g/mol. The Bertz CT molecular complexity index is 1890. The van der Waals surface area contributed by atoms with Crippen molar-refractivity contribution in [3.8, 4) is 0 Å². The van der Waals surface area contributed by atoms with Crippen molar-refractivity contribution in [1.82, 2.24) is 0 Å². The first-order valence-corrected chi connectivity index (χ1v) is 39.1. The molecule has 2 atom stereocenters. The number of allylic oxidation sites excluding steroid dienone is 18. The Morgan fingerprint density at radius 1 is 0.356 bits per heavy atom. The lowest BCUT2D eigenvalue weighted by molar-refractivity contribution is -0.870. The van der Waals surface area contributed by atoms with Gasteiger partial charge >= 0.3 is 11.9 Å². The number of phosphoric ester groups is 1. The maximum atomic E-state index is 12.9. The molecule has 9 nitrogen and oxygen atoms in total. The van der Waals surface area contributed by atoms with Gasteiger partial charge in [0.15, 0.2) is 6.10 Å². The van der Waals surface area contributed by atoms with E-state index in [1.54, 1.807) is 0 Å². The Morgan fingerprint density at radius 2 is 0.633 bits per heavy atom. The molecule has 0 bridgehead atoms. The predicted molar refractivity (Wildman–Crippen MR) is 388 cm³/mol. The molecule has 0 N–H and O–H groups in total. The van der Waals surface area contributed by atoms with Crippen LogP contribution in [0, 0.1) is 0 Å². The number of unbranched alkanes of at least 4 members (excludes halogenated alkanes) is 37. The van der Waals surface area contributed by atoms with E-state index in [2.05, 4.69) is 123 Å². The van der Waals surface area contributed by atoms with E-state index in [4.69, 9.17) is 18.5 Å². The fourth-order valence-electron chi connectivity index (χ4n) is 10.6. The number of ether oxygens (including phenoxy) is 2. The minimum atomic E-state index is -4.65. The predicted octanol–water partition coefficient (Wildman–Crippen LogP) is 24.2. The summed E-state index contributed by atoms with van der Waals surface area (Å²) in [5.74, 6) is -0.844. The van der Waals surface area contributed by atoms with E-state index in [1.807, 2.05) is 21.1 Å². The van der Waals surface area contributed by atoms with Crippen LogP contribution in [0.5, 0.6) is 0 Å². The van der Waals surface area contributed by atoms with Crippen molar-refractivity contribution in [2.75, 3.05) is 47.5 Å². The van der Waals surface area contributed by atoms with E-state index < -0.39 is 26.5 Å². The quantitative estimate of drug-likeness (QED) is 0.0195. The minimum Gasteiger partial charge on any atom is -0.756 e. The molecular formula is C80H142NO8P. The van der Waals surface area contributed by atoms with Crippen molar-refractivity contribution in [2.45, 2.75) is 341 Å². The van der Waals surface area contributed by atoms with Crippen LogP contribution in [0.15, 0.2) is 109 Å². The molecule has 90 heavy (non-hydrogen) atoms. The highest BCUT2D eigenvalue weighted by molar-refractivity contribution is 7.45. The molecule has 0 aromatic rings. The summed E-state index contributed by atoms with van der Waals surface area (Å²) in [6, 6.07) is 0. The van der Waals surface area contributed by atoms with Crippen LogP contribution in [0.3, 0.4) is 0 Å². The molecule has 0 radical (unpaired) electrons. The van der Waals surface area contributed by atoms with Crippen molar-refractivity contribution in [3.63, 3.8) is 0 Å². The fourth-order valence-corrected chi connectivity index (χ4v) is 11.3. The molecule has 0 aromatic carbocycles. The molecule has 0 fully saturated rings. The number of likely N-dealkylation sites (N-methyl/N-ethyl adjacent to an activating group) is 1. The Morgan fingerprint density at radius 3 is 0.956 bits per heavy atom. The number of hydrogen-bond acceptors (Lipinski definition) is 8. The lowest BCUT2D eigenvalue weighted by atomic mass is 10.0. The van der Waals surface area contributed by atoms with Crippen molar-refractivity contribution in [2.24, 2.45) is 0 Å². The molecule has 0 aliphatic rings. The van der Waals surface area contributed by atoms with Gasteiger partial charge in [0.1, 0.15) is 19.8 Å². The number of rotatable bonds is 69. The summed E-state index contributed by atoms with van der Waals surface area (Å²) in [5, 5.41) is 0. The zero-order valence-electron chi connectivity index (χ0n) is 59.3. The molecule has 0 rings (SSSR count). The second kappa shape index (κ2) is 70.0. The molecule has 0 aromatic heterocycles. The van der Waals surface area contributed by atoms with E-state index in [-0.39, 0.29) is 32.0 Å². The third-order valence-corrected chi connectivity index (χ3v) is 17.2. The van der Waals surface area contributed by atoms with Gasteiger partial charge in [-0.25, -0.2) is 0 Å². The van der Waals surface area contributed by atoms with E-state index >= 15 is 0 Å². The van der Waals surface area contributed by atoms with Gasteiger partial charge in [-0.3, -0.25) is 14.2 Å². The smallest absolute Gasteiger partial charge is 0.306 e. The summed E-state index contributed by atoms with van der Waals surface area (Å²) in [4.78, 5) is 38.1. The molecule has 0 spiro atoms. The standard InChI is InChI=1S/C80H142NO8P/c1-6-8-10-12-14-16-18-20-22-24-26-28-30-32-34-36-38-39-40-41-43-44-46-48-50-52-54-56-58-60-62-64-66-68-70-72-79(82)86-76-78(77-88-90(84,85)87-75-74-81(3,4)5)89-80(83)73-71-69-67-65-63-61-59-57-55-53-51-49-47-45-42-37-35-33-31-29-27-25-23-21-19-17-15-13-11-9-7-2/h9,11,15,17,21,23-24,26-27,29,33,35,42,45,49,51,55,57,78H,6-8,10,12-14,16,18-20,22,25,28,30-32,34,36-41,43-44,46-48,50,52-54,56,58-77H2,1-5H3/b11-9-,17-15-,23-21-,26-24-,29-27-,35-33-,45-42-,51-49-,57-55-. The molecule has 0 saturated carbocycles. The molecule has 0 aliphatic heterocycles. The van der Waals surface area contributed by atoms with Gasteiger partial charge in [-0.05, 0) is 103 Å². The fraction of sp³-hybridized carbons (Fsp3) is 0.750. The maximum absolute atomic E-state index is 12.9. The Labute approximate surface area is 556 Å². The van der Waals surface area contributed by atoms with Crippen molar-refractivity contribution < 1.29 is 42.1 Å². The number of phosphoric acid groups is 1. The Hall–Kier alpha value is -3.33. The molecule has 2 unspecified atom stereocenters. The van der Waals surface area contributed by atoms with E-state index in [0.29, 0.717) is 17.4 Å². The molecule has 0 aliphatic carbocycles. The summed E-state index contributed by atoms with van der Waals surface area (Å²) < 4.78 is 34.3. The first kappa shape index (κ1) is 86.7. The second-order valence-corrected chi connectivity index (χ2v) is 27.7. The average molecular weight is 1280 g/mol. The highest BCUT2D eigenvalue weighted by Crippen LogP contribution is 2.38. The Kier molecular flexibility index (Phi) is 67.4. The third-order valence-electron chi connectivity index (χ3n) is 16.3. The van der Waals surface area contributed by atoms with Gasteiger partial charge in [-0.1, -0.05) is 329 Å². The van der Waals surface area contributed by atoms with Gasteiger partial charge in [0, 0.05) is 12.8 Å². The topological polar surface area (TPSA) is 111 Å². The number of esters is 2. The van der Waals surface area contributed by atoms with Gasteiger partial charge in [-0.15, -0.1) is 0 Å². The summed E-state index contributed by atoms with van der Waals surface area (Å²) in [7, 11) is 1.15. The van der Waals surface area contributed by atoms with Crippen LogP contribution in [0.1, 0.15) is 335 Å². The largest absolute Gasteiger partial charge is 0.756 e. The number of carbonyl (C=O) groups excluding carboxylic acids is 2. The van der Waals surface area contributed by atoms with Crippen LogP contribution in [-0.2, 0) is 32.7 Å². The maximum Gasteiger partial charge on any atom is 0.306 e. The van der Waals surface area contributed by atoms with Crippen molar-refractivity contribution >= 4 is 19.8 Å². The second-order valence-electron chi connectivity index (χ2n) is 26.3. The third kappa shape index (κ3) is 73.7. The van der Waals surface area contributed by atoms with E-state index in [1.165, 1.54) is 193 Å². The first-order chi connectivity index (χ1) is 44.0. The average Bonchev–Trinajstić information content (AvgIpc) is 3.58. The SMILES string of the molecule is CC/C=C\C/C=C\C/C=C\C/C=C\C/C=C\C/C=C\C/C=C\C/C=C\CCCCCCCCC(=O)OC(COC(=O)CCCCCCCCCCCCCCCCCCCCCCCCC/C=C\CCCCCCCCCC)COP(=O)([O-])OCC[N+](C)(C)C. The van der Waals surface area contributed by atoms with Gasteiger partial charge < -0.3 is 27.9 Å². The number of quaternary nitrogens is 1. The lowest BCUT2D eigenvalue weighted by Crippen LogP contribution is -2.37. The molecule has 0 saturated heterocycles. The monoisotopic (exact) mass is 1280 g/mol. The van der Waals surface area contributed by atoms with Crippen LogP contribution in [0.4, 0.5) is 0 Å². The normalized spacial score (nSPS) is 13.7. The van der Waals surface area contributed by atoms with Crippen LogP contribution < -0.4 is 4.89 Å². The minimum absolute atomic E-state index is 0.0379. The highest BCUT2D eigenvalue weighted by atomic mass is 31.2. The van der Waals surface area contributed by atoms with Gasteiger partial charge in [0.05, 0.1) is 27.7 Å². The van der Waals surface area contributed by atoms with Crippen LogP contribution in [-0.4, -0.2) is 70.0 Å². The zero-order chi connectivity index (χ0) is 65.5. The highest BCUT2D eigenvalue weighted by Gasteiger charge is 2.22. The molecule has 520 valence electrons. The van der Waals surface area contributed by atoms with E-state index in [0.717, 1.165) is 109 Å². The first-order valence-electron chi connectivity index (χ1n) is 37.6. The van der Waals surface area contributed by atoms with Gasteiger partial charge in [0.2, 0.25) is 0 Å². The number of hydrogen-bond donors (Lipinski definition) is 0. The summed E-state index contributed by atoms with van der Waals surface area (Å²) in [6.45, 7) is 4.14. The summed E-state index contributed by atoms with van der Waals surface area (Å²) in [5.41, 5.74) is 0. The van der Waals surface area contributed by atoms with Gasteiger partial charge in [0.25, 0.3) is 7.82 Å². The van der Waals surface area contributed by atoms with Gasteiger partial charge in [-0.2, -0.15) is 0 Å². The van der Waals surface area contributed by atoms with Crippen molar-refractivity contribution in [1.29, 1.82) is 0 Å². The van der Waals surface area contributed by atoms with Crippen molar-refractivity contribution in [3.05, 3.63) is 109 Å². The summed E-state index contributed by atoms with van der Waals surface area (Å²) >= 11 is 0. The molecule has 10 heteroatoms. The Balaban J connectivity index is 4.04. The summed E-state index contributed by atoms with van der Waals surface area (Å²) in [6.07, 6.45) is 99.1. The number of nitrogens with zero attached hydrogens (tertiary/aromatic N) is 1. The van der Waals surface area contributed by atoms with Crippen LogP contribution >= 0.6 is 7.82 Å². The van der Waals surface area contributed by atoms with E-state index in [9.17, 15) is 19.0 Å². The van der Waals surface area contributed by atoms with Crippen LogP contribution in [0.2, 0.25) is 0 Å². The molecule has 0 heterocycles. The van der Waals surface area contributed by atoms with Crippen LogP contribution in [0.25, 0.3) is 0 Å².